The van der Waals surface area contributed by atoms with Crippen LogP contribution in [0.1, 0.15) is 5.56 Å². The van der Waals surface area contributed by atoms with Gasteiger partial charge in [0.1, 0.15) is 11.4 Å². The second kappa shape index (κ2) is 5.06. The van der Waals surface area contributed by atoms with Gasteiger partial charge in [0.2, 0.25) is 0 Å². The molecule has 4 nitrogen and oxygen atoms in total. The van der Waals surface area contributed by atoms with Gasteiger partial charge in [-0.1, -0.05) is 29.8 Å². The minimum Gasteiger partial charge on any atom is -0.494 e. The van der Waals surface area contributed by atoms with E-state index >= 15 is 0 Å². The topological polar surface area (TPSA) is 38.8 Å². The lowest BCUT2D eigenvalue weighted by Crippen LogP contribution is -2.39. The maximum Gasteiger partial charge on any atom is 0.264 e. The molecule has 0 saturated heterocycles. The minimum atomic E-state index is -0.163. The second-order valence-corrected chi connectivity index (χ2v) is 4.82. The number of amides is 1. The Kier molecular flexibility index (Phi) is 3.24. The molecule has 0 aromatic heterocycles. The third-order valence-electron chi connectivity index (χ3n) is 3.09. The number of para-hydroxylation sites is 1. The van der Waals surface area contributed by atoms with E-state index in [1.165, 1.54) is 12.2 Å². The summed E-state index contributed by atoms with van der Waals surface area (Å²) in [6.45, 7) is 0. The first-order valence-corrected chi connectivity index (χ1v) is 6.49. The number of carbonyl (C=O) groups excluding carboxylic acids is 1. The molecule has 1 heterocycles. The largest absolute Gasteiger partial charge is 0.494 e. The zero-order valence-corrected chi connectivity index (χ0v) is 11.6. The van der Waals surface area contributed by atoms with E-state index in [0.717, 1.165) is 5.56 Å². The highest BCUT2D eigenvalue weighted by Gasteiger charge is 2.28. The van der Waals surface area contributed by atoms with Crippen molar-refractivity contribution in [3.8, 4) is 11.5 Å². The Hall–Kier alpha value is -2.20. The van der Waals surface area contributed by atoms with Gasteiger partial charge >= 0.3 is 0 Å². The summed E-state index contributed by atoms with van der Waals surface area (Å²) in [6, 6.07) is 12.5. The van der Waals surface area contributed by atoms with Crippen LogP contribution in [0.2, 0.25) is 5.02 Å². The molecular weight excluding hydrogens is 278 g/mol. The fourth-order valence-corrected chi connectivity index (χ4v) is 2.29. The third kappa shape index (κ3) is 2.18. The predicted octanol–water partition coefficient (Wildman–Crippen LogP) is 3.23. The van der Waals surface area contributed by atoms with Gasteiger partial charge < -0.3 is 9.57 Å². The Morgan fingerprint density at radius 2 is 2.05 bits per heavy atom. The molecule has 5 heteroatoms. The number of rotatable bonds is 2. The molecule has 0 bridgehead atoms. The summed E-state index contributed by atoms with van der Waals surface area (Å²) in [7, 11) is 1.54. The van der Waals surface area contributed by atoms with Crippen molar-refractivity contribution >= 4 is 23.2 Å². The Balaban J connectivity index is 2.03. The van der Waals surface area contributed by atoms with Crippen LogP contribution in [0.5, 0.6) is 11.5 Å². The highest BCUT2D eigenvalue weighted by molar-refractivity contribution is 6.31. The zero-order valence-electron chi connectivity index (χ0n) is 10.8. The normalized spacial score (nSPS) is 13.7. The van der Waals surface area contributed by atoms with Crippen molar-refractivity contribution in [2.24, 2.45) is 0 Å². The molecule has 1 aliphatic rings. The highest BCUT2D eigenvalue weighted by atomic mass is 35.5. The van der Waals surface area contributed by atoms with Crippen molar-refractivity contribution in [3.05, 3.63) is 53.1 Å². The summed E-state index contributed by atoms with van der Waals surface area (Å²) in [5, 5.41) is 1.74. The van der Waals surface area contributed by atoms with Gasteiger partial charge in [-0.2, -0.15) is 0 Å². The maximum atomic E-state index is 12.2. The van der Waals surface area contributed by atoms with Crippen LogP contribution < -0.4 is 14.6 Å². The average Bonchev–Trinajstić information content (AvgIpc) is 2.46. The molecule has 0 saturated carbocycles. The van der Waals surface area contributed by atoms with Gasteiger partial charge in [0.15, 0.2) is 5.75 Å². The van der Waals surface area contributed by atoms with Gasteiger partial charge in [0, 0.05) is 10.6 Å². The van der Waals surface area contributed by atoms with E-state index in [9.17, 15) is 4.79 Å². The van der Waals surface area contributed by atoms with Crippen molar-refractivity contribution in [2.45, 2.75) is 6.42 Å². The van der Waals surface area contributed by atoms with Crippen LogP contribution in [-0.4, -0.2) is 13.0 Å². The molecule has 3 rings (SSSR count). The van der Waals surface area contributed by atoms with Crippen LogP contribution in [0.4, 0.5) is 5.69 Å². The number of ether oxygens (including phenoxy) is 1. The lowest BCUT2D eigenvalue weighted by Gasteiger charge is -2.29. The van der Waals surface area contributed by atoms with Crippen molar-refractivity contribution in [1.29, 1.82) is 0 Å². The molecule has 0 atom stereocenters. The fraction of sp³-hybridized carbons (Fsp3) is 0.133. The summed E-state index contributed by atoms with van der Waals surface area (Å²) in [5.74, 6) is 1.03. The van der Waals surface area contributed by atoms with Gasteiger partial charge in [0.25, 0.3) is 5.91 Å². The quantitative estimate of drug-likeness (QED) is 0.852. The average molecular weight is 290 g/mol. The number of fused-ring (bicyclic) bond motifs is 1. The molecule has 0 fully saturated rings. The first-order valence-electron chi connectivity index (χ1n) is 6.11. The van der Waals surface area contributed by atoms with E-state index in [1.54, 1.807) is 18.2 Å². The highest BCUT2D eigenvalue weighted by Crippen LogP contribution is 2.35. The van der Waals surface area contributed by atoms with E-state index in [4.69, 9.17) is 21.2 Å². The molecule has 20 heavy (non-hydrogen) atoms. The molecule has 1 amide bonds. The molecule has 2 aromatic rings. The third-order valence-corrected chi connectivity index (χ3v) is 3.33. The molecule has 0 radical (unpaired) electrons. The van der Waals surface area contributed by atoms with E-state index in [1.807, 2.05) is 24.3 Å². The van der Waals surface area contributed by atoms with Gasteiger partial charge in [-0.25, -0.2) is 0 Å². The Bertz CT molecular complexity index is 672. The van der Waals surface area contributed by atoms with E-state index in [2.05, 4.69) is 0 Å². The standard InChI is InChI=1S/C15H12ClNO3/c1-19-14-7-6-11(16)9-12(14)17-15(18)8-10-4-2-3-5-13(10)20-17/h2-7,9H,8H2,1H3. The number of anilines is 1. The molecule has 0 aliphatic carbocycles. The fourth-order valence-electron chi connectivity index (χ4n) is 2.13. The summed E-state index contributed by atoms with van der Waals surface area (Å²) in [4.78, 5) is 17.9. The van der Waals surface area contributed by atoms with E-state index in [0.29, 0.717) is 22.2 Å². The van der Waals surface area contributed by atoms with Gasteiger partial charge in [-0.05, 0) is 24.3 Å². The van der Waals surface area contributed by atoms with Crippen LogP contribution >= 0.6 is 11.6 Å². The van der Waals surface area contributed by atoms with E-state index < -0.39 is 0 Å². The molecule has 1 aliphatic heterocycles. The van der Waals surface area contributed by atoms with Crippen LogP contribution in [0, 0.1) is 0 Å². The number of nitrogens with zero attached hydrogens (tertiary/aromatic N) is 1. The van der Waals surface area contributed by atoms with Gasteiger partial charge in [0.05, 0.1) is 13.5 Å². The lowest BCUT2D eigenvalue weighted by atomic mass is 10.1. The number of benzene rings is 2. The Morgan fingerprint density at radius 1 is 1.25 bits per heavy atom. The predicted molar refractivity (Wildman–Crippen MR) is 76.3 cm³/mol. The van der Waals surface area contributed by atoms with Crippen molar-refractivity contribution in [3.63, 3.8) is 0 Å². The molecule has 0 unspecified atom stereocenters. The molecule has 102 valence electrons. The SMILES string of the molecule is COc1ccc(Cl)cc1N1Oc2ccccc2CC1=O. The van der Waals surface area contributed by atoms with Crippen LogP contribution in [0.25, 0.3) is 0 Å². The van der Waals surface area contributed by atoms with Crippen LogP contribution in [-0.2, 0) is 11.2 Å². The number of methoxy groups -OCH3 is 1. The first-order chi connectivity index (χ1) is 9.69. The number of hydroxylamine groups is 1. The van der Waals surface area contributed by atoms with Crippen molar-refractivity contribution < 1.29 is 14.4 Å². The number of hydrogen-bond acceptors (Lipinski definition) is 3. The zero-order chi connectivity index (χ0) is 14.1. The van der Waals surface area contributed by atoms with Crippen molar-refractivity contribution in [2.75, 3.05) is 12.2 Å². The van der Waals surface area contributed by atoms with E-state index in [-0.39, 0.29) is 12.3 Å². The summed E-state index contributed by atoms with van der Waals surface area (Å²) >= 11 is 5.99. The Labute approximate surface area is 121 Å². The lowest BCUT2D eigenvalue weighted by molar-refractivity contribution is -0.123. The number of hydrogen-bond donors (Lipinski definition) is 0. The smallest absolute Gasteiger partial charge is 0.264 e. The molecule has 2 aromatic carbocycles. The van der Waals surface area contributed by atoms with Crippen LogP contribution in [0.3, 0.4) is 0 Å². The maximum absolute atomic E-state index is 12.2. The number of carbonyl (C=O) groups is 1. The summed E-state index contributed by atoms with van der Waals surface area (Å²) in [6.07, 6.45) is 0.284. The second-order valence-electron chi connectivity index (χ2n) is 4.38. The molecule has 0 N–H and O–H groups in total. The van der Waals surface area contributed by atoms with Gasteiger partial charge in [-0.15, -0.1) is 5.06 Å². The van der Waals surface area contributed by atoms with Crippen molar-refractivity contribution in [1.82, 2.24) is 0 Å². The molecule has 0 spiro atoms. The van der Waals surface area contributed by atoms with Gasteiger partial charge in [-0.3, -0.25) is 4.79 Å². The minimum absolute atomic E-state index is 0.163. The van der Waals surface area contributed by atoms with Crippen LogP contribution in [0.15, 0.2) is 42.5 Å². The Morgan fingerprint density at radius 3 is 2.85 bits per heavy atom. The monoisotopic (exact) mass is 289 g/mol. The summed E-state index contributed by atoms with van der Waals surface area (Å²) < 4.78 is 5.26. The first kappa shape index (κ1) is 12.8. The summed E-state index contributed by atoms with van der Waals surface area (Å²) in [5.41, 5.74) is 1.37. The molecular formula is C15H12ClNO3. The number of halogens is 1.